The minimum absolute atomic E-state index is 0.145. The Labute approximate surface area is 113 Å². The Balaban J connectivity index is 2.35. The Morgan fingerprint density at radius 3 is 2.59 bits per heavy atom. The van der Waals surface area contributed by atoms with Crippen LogP contribution in [-0.2, 0) is 9.53 Å². The van der Waals surface area contributed by atoms with E-state index in [1.807, 2.05) is 0 Å². The molecular formula is C13H24BrNO2. The first-order valence-corrected chi connectivity index (χ1v) is 7.64. The summed E-state index contributed by atoms with van der Waals surface area (Å²) < 4.78 is 5.13. The molecule has 1 atom stereocenters. The summed E-state index contributed by atoms with van der Waals surface area (Å²) in [6, 6.07) is 0.145. The van der Waals surface area contributed by atoms with Crippen molar-refractivity contribution < 1.29 is 9.53 Å². The van der Waals surface area contributed by atoms with Gasteiger partial charge >= 0.3 is 0 Å². The summed E-state index contributed by atoms with van der Waals surface area (Å²) in [5, 5.41) is 4.00. The van der Waals surface area contributed by atoms with Gasteiger partial charge in [0.1, 0.15) is 0 Å². The van der Waals surface area contributed by atoms with Gasteiger partial charge in [-0.3, -0.25) is 4.79 Å². The molecule has 0 heterocycles. The second-order valence-electron chi connectivity index (χ2n) is 5.10. The maximum Gasteiger partial charge on any atom is 0.223 e. The van der Waals surface area contributed by atoms with Gasteiger partial charge in [-0.25, -0.2) is 0 Å². The van der Waals surface area contributed by atoms with E-state index in [1.54, 1.807) is 7.11 Å². The number of carbonyl (C=O) groups is 1. The summed E-state index contributed by atoms with van der Waals surface area (Å²) in [6.45, 7) is 2.87. The second-order valence-corrected chi connectivity index (χ2v) is 5.89. The van der Waals surface area contributed by atoms with Gasteiger partial charge in [-0.05, 0) is 38.0 Å². The highest BCUT2D eigenvalue weighted by Crippen LogP contribution is 2.28. The number of methoxy groups -OCH3 is 1. The summed E-state index contributed by atoms with van der Waals surface area (Å²) in [5.74, 6) is 1.23. The molecule has 0 bridgehead atoms. The molecule has 1 saturated carbocycles. The Bertz CT molecular complexity index is 221. The number of alkyl halides is 1. The van der Waals surface area contributed by atoms with Gasteiger partial charge in [0, 0.05) is 18.4 Å². The number of amides is 1. The largest absolute Gasteiger partial charge is 0.383 e. The Morgan fingerprint density at radius 1 is 1.41 bits per heavy atom. The molecule has 1 N–H and O–H groups in total. The summed E-state index contributed by atoms with van der Waals surface area (Å²) >= 11 is 3.41. The quantitative estimate of drug-likeness (QED) is 0.766. The van der Waals surface area contributed by atoms with Crippen molar-refractivity contribution in [2.24, 2.45) is 11.8 Å². The molecule has 1 amide bonds. The van der Waals surface area contributed by atoms with E-state index in [2.05, 4.69) is 28.2 Å². The van der Waals surface area contributed by atoms with E-state index >= 15 is 0 Å². The van der Waals surface area contributed by atoms with Gasteiger partial charge in [-0.2, -0.15) is 0 Å². The summed E-state index contributed by atoms with van der Waals surface area (Å²) in [4.78, 5) is 12.1. The van der Waals surface area contributed by atoms with Crippen LogP contribution in [-0.4, -0.2) is 31.0 Å². The van der Waals surface area contributed by atoms with Crippen molar-refractivity contribution in [1.29, 1.82) is 0 Å². The van der Waals surface area contributed by atoms with Crippen LogP contribution >= 0.6 is 15.9 Å². The van der Waals surface area contributed by atoms with E-state index in [4.69, 9.17) is 4.74 Å². The Morgan fingerprint density at radius 2 is 2.06 bits per heavy atom. The third kappa shape index (κ3) is 5.38. The van der Waals surface area contributed by atoms with Crippen molar-refractivity contribution in [1.82, 2.24) is 5.32 Å². The van der Waals surface area contributed by atoms with Gasteiger partial charge in [0.15, 0.2) is 0 Å². The fraction of sp³-hybridized carbons (Fsp3) is 0.923. The van der Waals surface area contributed by atoms with Crippen LogP contribution in [0.15, 0.2) is 0 Å². The van der Waals surface area contributed by atoms with Gasteiger partial charge in [0.05, 0.1) is 12.6 Å². The SMILES string of the molecule is COCC(CCBr)NC(=O)C1CCC(C)CC1. The number of hydrogen-bond donors (Lipinski definition) is 1. The van der Waals surface area contributed by atoms with Crippen LogP contribution in [0.2, 0.25) is 0 Å². The molecule has 3 nitrogen and oxygen atoms in total. The molecule has 0 spiro atoms. The predicted octanol–water partition coefficient (Wildman–Crippen LogP) is 2.73. The van der Waals surface area contributed by atoms with Crippen LogP contribution in [0.3, 0.4) is 0 Å². The molecule has 1 aliphatic carbocycles. The average Bonchev–Trinajstić information content (AvgIpc) is 2.30. The van der Waals surface area contributed by atoms with Crippen molar-refractivity contribution in [3.05, 3.63) is 0 Å². The number of hydrogen-bond acceptors (Lipinski definition) is 2. The minimum atomic E-state index is 0.145. The van der Waals surface area contributed by atoms with E-state index in [1.165, 1.54) is 12.8 Å². The first kappa shape index (κ1) is 15.0. The molecule has 1 unspecified atom stereocenters. The second kappa shape index (κ2) is 8.09. The average molecular weight is 306 g/mol. The highest BCUT2D eigenvalue weighted by molar-refractivity contribution is 9.09. The van der Waals surface area contributed by atoms with E-state index < -0.39 is 0 Å². The molecule has 0 aromatic heterocycles. The maximum absolute atomic E-state index is 12.1. The van der Waals surface area contributed by atoms with Crippen molar-refractivity contribution >= 4 is 21.8 Å². The minimum Gasteiger partial charge on any atom is -0.383 e. The molecule has 1 fully saturated rings. The lowest BCUT2D eigenvalue weighted by Gasteiger charge is -2.27. The zero-order valence-electron chi connectivity index (χ0n) is 10.9. The van der Waals surface area contributed by atoms with Gasteiger partial charge in [-0.15, -0.1) is 0 Å². The maximum atomic E-state index is 12.1. The molecular weight excluding hydrogens is 282 g/mol. The Kier molecular flexibility index (Phi) is 7.12. The van der Waals surface area contributed by atoms with Gasteiger partial charge < -0.3 is 10.1 Å². The highest BCUT2D eigenvalue weighted by Gasteiger charge is 2.25. The van der Waals surface area contributed by atoms with Gasteiger partial charge in [0.25, 0.3) is 0 Å². The molecule has 0 radical (unpaired) electrons. The Hall–Kier alpha value is -0.0900. The first-order chi connectivity index (χ1) is 8.17. The number of halogens is 1. The number of ether oxygens (including phenoxy) is 1. The summed E-state index contributed by atoms with van der Waals surface area (Å²) in [5.41, 5.74) is 0. The topological polar surface area (TPSA) is 38.3 Å². The lowest BCUT2D eigenvalue weighted by Crippen LogP contribution is -2.42. The van der Waals surface area contributed by atoms with E-state index in [0.29, 0.717) is 6.61 Å². The first-order valence-electron chi connectivity index (χ1n) is 6.52. The zero-order chi connectivity index (χ0) is 12.7. The number of rotatable bonds is 6. The van der Waals surface area contributed by atoms with Crippen LogP contribution in [0.1, 0.15) is 39.0 Å². The molecule has 1 rings (SSSR count). The normalized spacial score (nSPS) is 26.5. The van der Waals surface area contributed by atoms with Crippen LogP contribution in [0.4, 0.5) is 0 Å². The lowest BCUT2D eigenvalue weighted by molar-refractivity contribution is -0.127. The van der Waals surface area contributed by atoms with Crippen LogP contribution in [0.5, 0.6) is 0 Å². The molecule has 17 heavy (non-hydrogen) atoms. The zero-order valence-corrected chi connectivity index (χ0v) is 12.5. The van der Waals surface area contributed by atoms with Crippen LogP contribution < -0.4 is 5.32 Å². The van der Waals surface area contributed by atoms with E-state index in [-0.39, 0.29) is 17.9 Å². The monoisotopic (exact) mass is 305 g/mol. The van der Waals surface area contributed by atoms with Crippen LogP contribution in [0.25, 0.3) is 0 Å². The molecule has 100 valence electrons. The molecule has 4 heteroatoms. The highest BCUT2D eigenvalue weighted by atomic mass is 79.9. The molecule has 0 aromatic rings. The molecule has 0 saturated heterocycles. The lowest BCUT2D eigenvalue weighted by atomic mass is 9.82. The molecule has 0 aliphatic heterocycles. The molecule has 1 aliphatic rings. The number of carbonyl (C=O) groups excluding carboxylic acids is 1. The van der Waals surface area contributed by atoms with E-state index in [9.17, 15) is 4.79 Å². The van der Waals surface area contributed by atoms with Gasteiger partial charge in [0.2, 0.25) is 5.91 Å². The third-order valence-corrected chi connectivity index (χ3v) is 4.02. The number of nitrogens with one attached hydrogen (secondary N) is 1. The molecule has 0 aromatic carbocycles. The van der Waals surface area contributed by atoms with Crippen molar-refractivity contribution in [3.63, 3.8) is 0 Å². The smallest absolute Gasteiger partial charge is 0.223 e. The van der Waals surface area contributed by atoms with Crippen LogP contribution in [0, 0.1) is 11.8 Å². The third-order valence-electron chi connectivity index (χ3n) is 3.56. The van der Waals surface area contributed by atoms with Crippen molar-refractivity contribution in [3.8, 4) is 0 Å². The van der Waals surface area contributed by atoms with E-state index in [0.717, 1.165) is 30.5 Å². The van der Waals surface area contributed by atoms with Crippen molar-refractivity contribution in [2.45, 2.75) is 45.1 Å². The fourth-order valence-corrected chi connectivity index (χ4v) is 2.92. The predicted molar refractivity (Wildman–Crippen MR) is 73.3 cm³/mol. The standard InChI is InChI=1S/C13H24BrNO2/c1-10-3-5-11(6-4-10)13(16)15-12(7-8-14)9-17-2/h10-12H,3-9H2,1-2H3,(H,15,16). The summed E-state index contributed by atoms with van der Waals surface area (Å²) in [7, 11) is 1.68. The van der Waals surface area contributed by atoms with Crippen molar-refractivity contribution in [2.75, 3.05) is 19.0 Å². The fourth-order valence-electron chi connectivity index (χ4n) is 2.37. The summed E-state index contributed by atoms with van der Waals surface area (Å²) in [6.07, 6.45) is 5.38. The van der Waals surface area contributed by atoms with Gasteiger partial charge in [-0.1, -0.05) is 22.9 Å².